The van der Waals surface area contributed by atoms with Gasteiger partial charge in [-0.15, -0.1) is 0 Å². The fraction of sp³-hybridized carbons (Fsp3) is 1.00. The molecule has 0 aromatic rings. The highest BCUT2D eigenvalue weighted by atomic mass is 16.5. The van der Waals surface area contributed by atoms with Gasteiger partial charge in [0.05, 0.1) is 6.10 Å². The maximum atomic E-state index is 6.12. The summed E-state index contributed by atoms with van der Waals surface area (Å²) in [6, 6.07) is 0.782. The van der Waals surface area contributed by atoms with Gasteiger partial charge < -0.3 is 10.5 Å². The minimum Gasteiger partial charge on any atom is -0.378 e. The van der Waals surface area contributed by atoms with Gasteiger partial charge in [0.2, 0.25) is 0 Å². The van der Waals surface area contributed by atoms with Gasteiger partial charge in [0.1, 0.15) is 0 Å². The lowest BCUT2D eigenvalue weighted by Crippen LogP contribution is -2.63. The number of ether oxygens (including phenoxy) is 1. The lowest BCUT2D eigenvalue weighted by Gasteiger charge is -2.52. The van der Waals surface area contributed by atoms with Crippen molar-refractivity contribution in [1.29, 1.82) is 0 Å². The molecule has 0 aromatic carbocycles. The van der Waals surface area contributed by atoms with Crippen molar-refractivity contribution < 1.29 is 4.74 Å². The molecule has 1 atom stereocenters. The van der Waals surface area contributed by atoms with Crippen LogP contribution in [0.4, 0.5) is 0 Å². The Morgan fingerprint density at radius 3 is 2.55 bits per heavy atom. The number of nitrogens with two attached hydrogens (primary N) is 1. The fourth-order valence-corrected chi connectivity index (χ4v) is 4.45. The van der Waals surface area contributed by atoms with Crippen molar-refractivity contribution >= 4 is 0 Å². The molecule has 1 saturated carbocycles. The predicted octanol–water partition coefficient (Wildman–Crippen LogP) is 1.44. The van der Waals surface area contributed by atoms with Crippen molar-refractivity contribution in [3.63, 3.8) is 0 Å². The third-order valence-electron chi connectivity index (χ3n) is 5.74. The topological polar surface area (TPSA) is 41.7 Å². The molecule has 3 rings (SSSR count). The van der Waals surface area contributed by atoms with E-state index in [4.69, 9.17) is 10.5 Å². The van der Waals surface area contributed by atoms with Crippen LogP contribution in [0.5, 0.6) is 0 Å². The summed E-state index contributed by atoms with van der Waals surface area (Å²) in [6.07, 6.45) is 8.29. The van der Waals surface area contributed by atoms with Crippen molar-refractivity contribution in [3.8, 4) is 0 Å². The van der Waals surface area contributed by atoms with Crippen LogP contribution in [-0.4, -0.2) is 66.8 Å². The van der Waals surface area contributed by atoms with Crippen LogP contribution in [0.25, 0.3) is 0 Å². The number of piperidine rings is 1. The summed E-state index contributed by atoms with van der Waals surface area (Å²) in [5, 5.41) is 0. The van der Waals surface area contributed by atoms with Crippen molar-refractivity contribution in [1.82, 2.24) is 9.80 Å². The zero-order valence-electron chi connectivity index (χ0n) is 13.0. The van der Waals surface area contributed by atoms with Crippen LogP contribution < -0.4 is 5.73 Å². The van der Waals surface area contributed by atoms with Gasteiger partial charge in [0.15, 0.2) is 0 Å². The molecule has 20 heavy (non-hydrogen) atoms. The first kappa shape index (κ1) is 14.8. The normalized spacial score (nSPS) is 39.9. The predicted molar refractivity (Wildman–Crippen MR) is 81.8 cm³/mol. The van der Waals surface area contributed by atoms with Gasteiger partial charge in [-0.25, -0.2) is 0 Å². The maximum Gasteiger partial charge on any atom is 0.0611 e. The monoisotopic (exact) mass is 281 g/mol. The van der Waals surface area contributed by atoms with Crippen LogP contribution in [0.2, 0.25) is 0 Å². The standard InChI is InChI=1S/C16H31N3O/c1-2-20-15-10-16(11-15,13-17)19-9-6-14(12-19)18-7-4-3-5-8-18/h14-15H,2-13,17H2,1H3. The Hall–Kier alpha value is -0.160. The van der Waals surface area contributed by atoms with E-state index in [1.807, 2.05) is 0 Å². The van der Waals surface area contributed by atoms with Gasteiger partial charge in [-0.2, -0.15) is 0 Å². The Kier molecular flexibility index (Phi) is 4.65. The quantitative estimate of drug-likeness (QED) is 0.828. The molecule has 0 radical (unpaired) electrons. The third kappa shape index (κ3) is 2.76. The summed E-state index contributed by atoms with van der Waals surface area (Å²) in [7, 11) is 0. The minimum atomic E-state index is 0.254. The first-order valence-corrected chi connectivity index (χ1v) is 8.58. The Balaban J connectivity index is 1.53. The molecule has 1 aliphatic carbocycles. The summed E-state index contributed by atoms with van der Waals surface area (Å²) in [5.41, 5.74) is 6.37. The van der Waals surface area contributed by atoms with Gasteiger partial charge in [0, 0.05) is 37.8 Å². The number of nitrogens with zero attached hydrogens (tertiary/aromatic N) is 2. The Labute approximate surface area is 123 Å². The van der Waals surface area contributed by atoms with Crippen molar-refractivity contribution in [3.05, 3.63) is 0 Å². The van der Waals surface area contributed by atoms with E-state index in [9.17, 15) is 0 Å². The van der Waals surface area contributed by atoms with E-state index >= 15 is 0 Å². The molecule has 4 nitrogen and oxygen atoms in total. The SMILES string of the molecule is CCOC1CC(CN)(N2CCC(N3CCCCC3)C2)C1. The average molecular weight is 281 g/mol. The first-order valence-electron chi connectivity index (χ1n) is 8.58. The highest BCUT2D eigenvalue weighted by Crippen LogP contribution is 2.41. The highest BCUT2D eigenvalue weighted by Gasteiger charge is 2.50. The average Bonchev–Trinajstić information content (AvgIpc) is 2.93. The summed E-state index contributed by atoms with van der Waals surface area (Å²) >= 11 is 0. The Bertz CT molecular complexity index is 311. The van der Waals surface area contributed by atoms with E-state index in [0.29, 0.717) is 6.10 Å². The van der Waals surface area contributed by atoms with E-state index in [-0.39, 0.29) is 5.54 Å². The molecule has 1 unspecified atom stereocenters. The molecule has 2 N–H and O–H groups in total. The molecule has 3 fully saturated rings. The molecular weight excluding hydrogens is 250 g/mol. The largest absolute Gasteiger partial charge is 0.378 e. The Morgan fingerprint density at radius 1 is 1.15 bits per heavy atom. The van der Waals surface area contributed by atoms with E-state index in [1.54, 1.807) is 0 Å². The van der Waals surface area contributed by atoms with Gasteiger partial charge in [-0.3, -0.25) is 9.80 Å². The summed E-state index contributed by atoms with van der Waals surface area (Å²) in [5.74, 6) is 0. The molecule has 0 spiro atoms. The molecule has 2 heterocycles. The molecule has 116 valence electrons. The van der Waals surface area contributed by atoms with Crippen molar-refractivity contribution in [2.75, 3.05) is 39.3 Å². The molecule has 3 aliphatic rings. The lowest BCUT2D eigenvalue weighted by molar-refractivity contribution is -0.0947. The Morgan fingerprint density at radius 2 is 1.90 bits per heavy atom. The van der Waals surface area contributed by atoms with E-state index in [0.717, 1.165) is 32.0 Å². The van der Waals surface area contributed by atoms with Crippen molar-refractivity contribution in [2.45, 2.75) is 63.1 Å². The number of hydrogen-bond acceptors (Lipinski definition) is 4. The number of likely N-dealkylation sites (tertiary alicyclic amines) is 2. The van der Waals surface area contributed by atoms with E-state index in [2.05, 4.69) is 16.7 Å². The van der Waals surface area contributed by atoms with Gasteiger partial charge in [-0.05, 0) is 52.1 Å². The number of hydrogen-bond donors (Lipinski definition) is 1. The maximum absolute atomic E-state index is 6.12. The minimum absolute atomic E-state index is 0.254. The van der Waals surface area contributed by atoms with E-state index < -0.39 is 0 Å². The molecular formula is C16H31N3O. The number of rotatable bonds is 5. The molecule has 0 aromatic heterocycles. The van der Waals surface area contributed by atoms with Gasteiger partial charge >= 0.3 is 0 Å². The molecule has 0 bridgehead atoms. The molecule has 4 heteroatoms. The second kappa shape index (κ2) is 6.30. The summed E-state index contributed by atoms with van der Waals surface area (Å²) in [6.45, 7) is 8.81. The van der Waals surface area contributed by atoms with Gasteiger partial charge in [0.25, 0.3) is 0 Å². The molecule has 0 amide bonds. The summed E-state index contributed by atoms with van der Waals surface area (Å²) in [4.78, 5) is 5.41. The second-order valence-electron chi connectivity index (χ2n) is 6.90. The second-order valence-corrected chi connectivity index (χ2v) is 6.90. The smallest absolute Gasteiger partial charge is 0.0611 e. The molecule has 2 saturated heterocycles. The van der Waals surface area contributed by atoms with Gasteiger partial charge in [-0.1, -0.05) is 6.42 Å². The summed E-state index contributed by atoms with van der Waals surface area (Å²) < 4.78 is 5.75. The van der Waals surface area contributed by atoms with Crippen LogP contribution in [0.15, 0.2) is 0 Å². The van der Waals surface area contributed by atoms with Crippen LogP contribution in [0.1, 0.15) is 45.4 Å². The van der Waals surface area contributed by atoms with Crippen molar-refractivity contribution in [2.24, 2.45) is 5.73 Å². The highest BCUT2D eigenvalue weighted by molar-refractivity contribution is 5.07. The van der Waals surface area contributed by atoms with Crippen LogP contribution >= 0.6 is 0 Å². The third-order valence-corrected chi connectivity index (χ3v) is 5.74. The van der Waals surface area contributed by atoms with Crippen LogP contribution in [0, 0.1) is 0 Å². The zero-order chi connectivity index (χ0) is 14.0. The van der Waals surface area contributed by atoms with Crippen LogP contribution in [-0.2, 0) is 4.74 Å². The fourth-order valence-electron chi connectivity index (χ4n) is 4.45. The lowest BCUT2D eigenvalue weighted by atomic mass is 9.73. The molecule has 2 aliphatic heterocycles. The van der Waals surface area contributed by atoms with Crippen LogP contribution in [0.3, 0.4) is 0 Å². The van der Waals surface area contributed by atoms with E-state index in [1.165, 1.54) is 51.9 Å². The zero-order valence-corrected chi connectivity index (χ0v) is 13.0. The first-order chi connectivity index (χ1) is 9.77.